The van der Waals surface area contributed by atoms with Crippen molar-refractivity contribution in [3.8, 4) is 0 Å². The Hall–Kier alpha value is -3.01. The first-order chi connectivity index (χ1) is 15.2. The molecule has 7 nitrogen and oxygen atoms in total. The van der Waals surface area contributed by atoms with Crippen molar-refractivity contribution in [3.63, 3.8) is 0 Å². The van der Waals surface area contributed by atoms with Crippen molar-refractivity contribution >= 4 is 38.9 Å². The highest BCUT2D eigenvalue weighted by Gasteiger charge is 2.24. The first-order valence-electron chi connectivity index (χ1n) is 9.91. The molecule has 2 amide bonds. The van der Waals surface area contributed by atoms with Gasteiger partial charge in [-0.3, -0.25) is 9.59 Å². The van der Waals surface area contributed by atoms with Crippen LogP contribution >= 0.6 is 11.3 Å². The molecule has 3 aromatic rings. The number of nitrogens with zero attached hydrogens (tertiary/aromatic N) is 1. The molecule has 0 radical (unpaired) electrons. The van der Waals surface area contributed by atoms with Gasteiger partial charge >= 0.3 is 0 Å². The highest BCUT2D eigenvalue weighted by atomic mass is 32.2. The van der Waals surface area contributed by atoms with E-state index in [0.29, 0.717) is 22.5 Å². The third-order valence-corrected chi connectivity index (χ3v) is 7.69. The first-order valence-corrected chi connectivity index (χ1v) is 12.2. The van der Waals surface area contributed by atoms with E-state index in [1.54, 1.807) is 36.6 Å². The molecule has 1 atom stereocenters. The van der Waals surface area contributed by atoms with E-state index in [1.807, 2.05) is 30.3 Å². The third kappa shape index (κ3) is 5.61. The van der Waals surface area contributed by atoms with Crippen LogP contribution in [0.5, 0.6) is 0 Å². The Morgan fingerprint density at radius 1 is 1.03 bits per heavy atom. The molecular formula is C23H25N3O4S2. The summed E-state index contributed by atoms with van der Waals surface area (Å²) in [6, 6.07) is 16.7. The van der Waals surface area contributed by atoms with Gasteiger partial charge in [-0.2, -0.15) is 0 Å². The number of amides is 2. The number of nitrogens with one attached hydrogen (secondary N) is 2. The summed E-state index contributed by atoms with van der Waals surface area (Å²) in [4.78, 5) is 26.3. The smallest absolute Gasteiger partial charge is 0.262 e. The number of benzene rings is 2. The molecule has 32 heavy (non-hydrogen) atoms. The molecule has 0 bridgehead atoms. The average Bonchev–Trinajstić information content (AvgIpc) is 3.30. The minimum atomic E-state index is -3.67. The van der Waals surface area contributed by atoms with Gasteiger partial charge in [0.2, 0.25) is 15.9 Å². The lowest BCUT2D eigenvalue weighted by Gasteiger charge is -2.19. The van der Waals surface area contributed by atoms with Crippen molar-refractivity contribution in [2.75, 3.05) is 19.4 Å². The standard InChI is InChI=1S/C23H25N3O4S2/c1-16-11-12-18(15-21(16)32(29,30)26(2)3)24-22(27)19(14-17-8-5-4-6-9-17)25-23(28)20-10-7-13-31-20/h4-13,15,19H,14H2,1-3H3,(H,24,27)(H,25,28). The van der Waals surface area contributed by atoms with Crippen molar-refractivity contribution < 1.29 is 18.0 Å². The van der Waals surface area contributed by atoms with Gasteiger partial charge in [0.15, 0.2) is 0 Å². The van der Waals surface area contributed by atoms with Crippen LogP contribution in [0.2, 0.25) is 0 Å². The topological polar surface area (TPSA) is 95.6 Å². The third-order valence-electron chi connectivity index (χ3n) is 4.86. The molecule has 1 unspecified atom stereocenters. The van der Waals surface area contributed by atoms with Crippen molar-refractivity contribution in [1.29, 1.82) is 0 Å². The lowest BCUT2D eigenvalue weighted by molar-refractivity contribution is -0.118. The predicted octanol–water partition coefficient (Wildman–Crippen LogP) is 3.29. The number of hydrogen-bond donors (Lipinski definition) is 2. The summed E-state index contributed by atoms with van der Waals surface area (Å²) in [6.45, 7) is 1.70. The lowest BCUT2D eigenvalue weighted by Crippen LogP contribution is -2.45. The second-order valence-electron chi connectivity index (χ2n) is 7.45. The number of sulfonamides is 1. The van der Waals surface area contributed by atoms with E-state index in [4.69, 9.17) is 0 Å². The Morgan fingerprint density at radius 3 is 2.38 bits per heavy atom. The van der Waals surface area contributed by atoms with Crippen LogP contribution < -0.4 is 10.6 Å². The van der Waals surface area contributed by atoms with E-state index in [-0.39, 0.29) is 10.8 Å². The minimum absolute atomic E-state index is 0.113. The second-order valence-corrected chi connectivity index (χ2v) is 10.5. The van der Waals surface area contributed by atoms with Crippen LogP contribution in [0.15, 0.2) is 70.9 Å². The van der Waals surface area contributed by atoms with E-state index >= 15 is 0 Å². The summed E-state index contributed by atoms with van der Waals surface area (Å²) in [5.74, 6) is -0.772. The molecule has 0 spiro atoms. The fourth-order valence-electron chi connectivity index (χ4n) is 3.08. The number of thiophene rings is 1. The maximum Gasteiger partial charge on any atom is 0.262 e. The van der Waals surface area contributed by atoms with Crippen LogP contribution in [0.25, 0.3) is 0 Å². The van der Waals surface area contributed by atoms with Gasteiger partial charge in [-0.05, 0) is 41.6 Å². The summed E-state index contributed by atoms with van der Waals surface area (Å²) in [5.41, 5.74) is 1.80. The minimum Gasteiger partial charge on any atom is -0.339 e. The van der Waals surface area contributed by atoms with Gasteiger partial charge in [-0.25, -0.2) is 12.7 Å². The Balaban J connectivity index is 1.85. The predicted molar refractivity (Wildman–Crippen MR) is 126 cm³/mol. The van der Waals surface area contributed by atoms with Crippen molar-refractivity contribution in [1.82, 2.24) is 9.62 Å². The number of carbonyl (C=O) groups excluding carboxylic acids is 2. The van der Waals surface area contributed by atoms with Gasteiger partial charge in [0.1, 0.15) is 6.04 Å². The van der Waals surface area contributed by atoms with Crippen LogP contribution in [-0.2, 0) is 21.2 Å². The molecule has 0 fully saturated rings. The molecule has 2 N–H and O–H groups in total. The highest BCUT2D eigenvalue weighted by molar-refractivity contribution is 7.89. The molecule has 0 aliphatic rings. The Labute approximate surface area is 192 Å². The SMILES string of the molecule is Cc1ccc(NC(=O)C(Cc2ccccc2)NC(=O)c2cccs2)cc1S(=O)(=O)N(C)C. The van der Waals surface area contributed by atoms with Gasteiger partial charge in [0.05, 0.1) is 9.77 Å². The normalized spacial score (nSPS) is 12.4. The molecule has 168 valence electrons. The molecule has 0 aliphatic carbocycles. The zero-order valence-electron chi connectivity index (χ0n) is 18.0. The van der Waals surface area contributed by atoms with Crippen LogP contribution in [0, 0.1) is 6.92 Å². The van der Waals surface area contributed by atoms with Gasteiger partial charge in [-0.1, -0.05) is 42.5 Å². The number of carbonyl (C=O) groups is 2. The van der Waals surface area contributed by atoms with Crippen molar-refractivity contribution in [3.05, 3.63) is 82.0 Å². The Morgan fingerprint density at radius 2 is 1.75 bits per heavy atom. The zero-order valence-corrected chi connectivity index (χ0v) is 19.7. The first kappa shape index (κ1) is 23.6. The molecule has 0 saturated heterocycles. The van der Waals surface area contributed by atoms with Crippen LogP contribution in [0.1, 0.15) is 20.8 Å². The highest BCUT2D eigenvalue weighted by Crippen LogP contribution is 2.23. The molecule has 3 rings (SSSR count). The van der Waals surface area contributed by atoms with Gasteiger partial charge in [0.25, 0.3) is 5.91 Å². The molecule has 0 aliphatic heterocycles. The van der Waals surface area contributed by atoms with E-state index in [0.717, 1.165) is 9.87 Å². The maximum absolute atomic E-state index is 13.1. The molecule has 1 aromatic heterocycles. The Kier molecular flexibility index (Phi) is 7.44. The van der Waals surface area contributed by atoms with Crippen molar-refractivity contribution in [2.45, 2.75) is 24.3 Å². The van der Waals surface area contributed by atoms with Crippen LogP contribution in [-0.4, -0.2) is 44.7 Å². The fraction of sp³-hybridized carbons (Fsp3) is 0.217. The van der Waals surface area contributed by atoms with Gasteiger partial charge in [0, 0.05) is 26.2 Å². The van der Waals surface area contributed by atoms with E-state index in [9.17, 15) is 18.0 Å². The lowest BCUT2D eigenvalue weighted by atomic mass is 10.0. The molecular weight excluding hydrogens is 446 g/mol. The number of aryl methyl sites for hydroxylation is 1. The summed E-state index contributed by atoms with van der Waals surface area (Å²) < 4.78 is 26.3. The van der Waals surface area contributed by atoms with E-state index in [2.05, 4.69) is 10.6 Å². The van der Waals surface area contributed by atoms with Crippen molar-refractivity contribution in [2.24, 2.45) is 0 Å². The number of hydrogen-bond acceptors (Lipinski definition) is 5. The van der Waals surface area contributed by atoms with E-state index in [1.165, 1.54) is 31.5 Å². The van der Waals surface area contributed by atoms with E-state index < -0.39 is 22.0 Å². The zero-order chi connectivity index (χ0) is 23.3. The quantitative estimate of drug-likeness (QED) is 0.527. The van der Waals surface area contributed by atoms with Gasteiger partial charge in [-0.15, -0.1) is 11.3 Å². The molecule has 0 saturated carbocycles. The fourth-order valence-corrected chi connectivity index (χ4v) is 4.85. The summed E-state index contributed by atoms with van der Waals surface area (Å²) in [6.07, 6.45) is 0.290. The summed E-state index contributed by atoms with van der Waals surface area (Å²) in [7, 11) is -0.761. The Bertz CT molecular complexity index is 1190. The van der Waals surface area contributed by atoms with Crippen LogP contribution in [0.3, 0.4) is 0 Å². The molecule has 9 heteroatoms. The molecule has 2 aromatic carbocycles. The molecule has 1 heterocycles. The summed E-state index contributed by atoms with van der Waals surface area (Å²) in [5, 5.41) is 7.35. The number of anilines is 1. The van der Waals surface area contributed by atoms with Crippen LogP contribution in [0.4, 0.5) is 5.69 Å². The average molecular weight is 472 g/mol. The monoisotopic (exact) mass is 471 g/mol. The second kappa shape index (κ2) is 10.1. The largest absolute Gasteiger partial charge is 0.339 e. The maximum atomic E-state index is 13.1. The summed E-state index contributed by atoms with van der Waals surface area (Å²) >= 11 is 1.29. The van der Waals surface area contributed by atoms with Gasteiger partial charge < -0.3 is 10.6 Å². The number of rotatable bonds is 8.